The molecule has 4 heteroatoms. The number of benzene rings is 1. The molecule has 0 atom stereocenters. The van der Waals surface area contributed by atoms with Crippen LogP contribution in [-0.2, 0) is 0 Å². The number of hydrogen-bond acceptors (Lipinski definition) is 1. The van der Waals surface area contributed by atoms with E-state index in [1.807, 2.05) is 12.1 Å². The third-order valence-electron chi connectivity index (χ3n) is 1.42. The molecule has 0 aliphatic heterocycles. The molecular weight excluding hydrogens is 399 g/mol. The molecule has 0 amide bonds. The first-order valence-corrected chi connectivity index (χ1v) is 5.66. The third kappa shape index (κ3) is 2.05. The quantitative estimate of drug-likeness (QED) is 0.560. The van der Waals surface area contributed by atoms with E-state index in [4.69, 9.17) is 17.3 Å². The van der Waals surface area contributed by atoms with Gasteiger partial charge in [0.15, 0.2) is 0 Å². The Labute approximate surface area is 104 Å². The lowest BCUT2D eigenvalue weighted by molar-refractivity contribution is 1.54. The summed E-state index contributed by atoms with van der Waals surface area (Å²) in [6.45, 7) is 3.66. The van der Waals surface area contributed by atoms with Gasteiger partial charge in [-0.25, -0.2) is 0 Å². The Kier molecular flexibility index (Phi) is 3.66. The molecule has 0 radical (unpaired) electrons. The van der Waals surface area contributed by atoms with Crippen molar-refractivity contribution in [1.29, 1.82) is 0 Å². The molecule has 0 spiro atoms. The Hall–Kier alpha value is 0.510. The van der Waals surface area contributed by atoms with Gasteiger partial charge in [-0.2, -0.15) is 0 Å². The van der Waals surface area contributed by atoms with E-state index >= 15 is 0 Å². The second-order valence-electron chi connectivity index (χ2n) is 2.23. The van der Waals surface area contributed by atoms with Gasteiger partial charge in [-0.3, -0.25) is 0 Å². The molecule has 0 saturated heterocycles. The average Bonchev–Trinajstić information content (AvgIpc) is 2.00. The van der Waals surface area contributed by atoms with E-state index in [1.54, 1.807) is 0 Å². The SMILES string of the molecule is C=C(Cl)c1ccc(I)c(N)c1I. The number of nitrogen functional groups attached to an aromatic ring is 1. The van der Waals surface area contributed by atoms with Crippen LogP contribution in [0.15, 0.2) is 18.7 Å². The van der Waals surface area contributed by atoms with Crippen molar-refractivity contribution in [3.63, 3.8) is 0 Å². The lowest BCUT2D eigenvalue weighted by atomic mass is 10.2. The lowest BCUT2D eigenvalue weighted by Crippen LogP contribution is -1.96. The van der Waals surface area contributed by atoms with Crippen LogP contribution in [-0.4, -0.2) is 0 Å². The van der Waals surface area contributed by atoms with Crippen molar-refractivity contribution in [2.24, 2.45) is 0 Å². The molecule has 0 heterocycles. The minimum Gasteiger partial charge on any atom is -0.397 e. The van der Waals surface area contributed by atoms with Crippen LogP contribution in [0.1, 0.15) is 5.56 Å². The highest BCUT2D eigenvalue weighted by atomic mass is 127. The maximum absolute atomic E-state index is 5.81. The summed E-state index contributed by atoms with van der Waals surface area (Å²) < 4.78 is 2.01. The van der Waals surface area contributed by atoms with Crippen molar-refractivity contribution in [3.05, 3.63) is 31.4 Å². The zero-order valence-electron chi connectivity index (χ0n) is 6.07. The highest BCUT2D eigenvalue weighted by Crippen LogP contribution is 2.30. The number of nitrogens with two attached hydrogens (primary N) is 1. The van der Waals surface area contributed by atoms with Crippen LogP contribution in [0.4, 0.5) is 5.69 Å². The maximum atomic E-state index is 5.81. The average molecular weight is 405 g/mol. The second-order valence-corrected chi connectivity index (χ2v) is 4.92. The van der Waals surface area contributed by atoms with Crippen LogP contribution in [0.25, 0.3) is 5.03 Å². The summed E-state index contributed by atoms with van der Waals surface area (Å²) in [5.74, 6) is 0. The Balaban J connectivity index is 3.36. The third-order valence-corrected chi connectivity index (χ3v) is 3.73. The van der Waals surface area contributed by atoms with Gasteiger partial charge < -0.3 is 5.73 Å². The van der Waals surface area contributed by atoms with Gasteiger partial charge in [0.1, 0.15) is 0 Å². The highest BCUT2D eigenvalue weighted by Gasteiger charge is 2.07. The molecule has 1 aromatic rings. The number of hydrogen-bond donors (Lipinski definition) is 1. The van der Waals surface area contributed by atoms with Crippen LogP contribution < -0.4 is 5.73 Å². The first-order chi connectivity index (χ1) is 5.54. The van der Waals surface area contributed by atoms with Crippen molar-refractivity contribution in [2.75, 3.05) is 5.73 Å². The van der Waals surface area contributed by atoms with Gasteiger partial charge in [0.05, 0.1) is 5.69 Å². The van der Waals surface area contributed by atoms with Gasteiger partial charge in [-0.1, -0.05) is 24.2 Å². The van der Waals surface area contributed by atoms with E-state index in [1.165, 1.54) is 0 Å². The molecule has 0 aliphatic carbocycles. The summed E-state index contributed by atoms with van der Waals surface area (Å²) in [5, 5.41) is 0.530. The van der Waals surface area contributed by atoms with Crippen LogP contribution in [0.2, 0.25) is 0 Å². The molecule has 2 N–H and O–H groups in total. The first kappa shape index (κ1) is 10.6. The molecule has 1 rings (SSSR count). The molecule has 1 aromatic carbocycles. The monoisotopic (exact) mass is 405 g/mol. The lowest BCUT2D eigenvalue weighted by Gasteiger charge is -2.06. The second kappa shape index (κ2) is 4.15. The van der Waals surface area contributed by atoms with Crippen LogP contribution >= 0.6 is 56.8 Å². The van der Waals surface area contributed by atoms with Crippen molar-refractivity contribution < 1.29 is 0 Å². The van der Waals surface area contributed by atoms with Gasteiger partial charge in [0.2, 0.25) is 0 Å². The van der Waals surface area contributed by atoms with E-state index in [2.05, 4.69) is 51.8 Å². The summed E-state index contributed by atoms with van der Waals surface area (Å²) in [4.78, 5) is 0. The molecule has 12 heavy (non-hydrogen) atoms. The van der Waals surface area contributed by atoms with Crippen molar-refractivity contribution >= 4 is 67.5 Å². The normalized spacial score (nSPS) is 9.92. The molecular formula is C8H6ClI2N. The van der Waals surface area contributed by atoms with Gasteiger partial charge in [-0.05, 0) is 51.2 Å². The summed E-state index contributed by atoms with van der Waals surface area (Å²) in [6.07, 6.45) is 0. The Bertz CT molecular complexity index is 336. The standard InChI is InChI=1S/C8H6ClI2N/c1-4(9)5-2-3-6(10)8(12)7(5)11/h2-3H,1,12H2. The molecule has 0 bridgehead atoms. The predicted molar refractivity (Wildman–Crippen MR) is 71.2 cm³/mol. The van der Waals surface area contributed by atoms with Crippen LogP contribution in [0, 0.1) is 7.14 Å². The van der Waals surface area contributed by atoms with Crippen molar-refractivity contribution in [1.82, 2.24) is 0 Å². The smallest absolute Gasteiger partial charge is 0.0592 e. The molecule has 0 unspecified atom stereocenters. The van der Waals surface area contributed by atoms with Gasteiger partial charge in [-0.15, -0.1) is 0 Å². The summed E-state index contributed by atoms with van der Waals surface area (Å²) in [5.41, 5.74) is 7.49. The molecule has 0 fully saturated rings. The van der Waals surface area contributed by atoms with Gasteiger partial charge >= 0.3 is 0 Å². The summed E-state index contributed by atoms with van der Waals surface area (Å²) in [7, 11) is 0. The Morgan fingerprint density at radius 1 is 1.42 bits per heavy atom. The van der Waals surface area contributed by atoms with E-state index in [0.29, 0.717) is 5.03 Å². The molecule has 0 aromatic heterocycles. The van der Waals surface area contributed by atoms with Gasteiger partial charge in [0.25, 0.3) is 0 Å². The van der Waals surface area contributed by atoms with Crippen molar-refractivity contribution in [2.45, 2.75) is 0 Å². The van der Waals surface area contributed by atoms with E-state index < -0.39 is 0 Å². The maximum Gasteiger partial charge on any atom is 0.0592 e. The van der Waals surface area contributed by atoms with Crippen LogP contribution in [0.5, 0.6) is 0 Å². The first-order valence-electron chi connectivity index (χ1n) is 3.12. The van der Waals surface area contributed by atoms with E-state index in [0.717, 1.165) is 18.4 Å². The fraction of sp³-hybridized carbons (Fsp3) is 0. The number of halogens is 3. The fourth-order valence-corrected chi connectivity index (χ4v) is 2.86. The summed E-state index contributed by atoms with van der Waals surface area (Å²) in [6, 6.07) is 3.86. The van der Waals surface area contributed by atoms with Crippen molar-refractivity contribution in [3.8, 4) is 0 Å². The molecule has 0 saturated carbocycles. The predicted octanol–water partition coefficient (Wildman–Crippen LogP) is 3.69. The Morgan fingerprint density at radius 2 is 2.00 bits per heavy atom. The van der Waals surface area contributed by atoms with E-state index in [9.17, 15) is 0 Å². The largest absolute Gasteiger partial charge is 0.397 e. The topological polar surface area (TPSA) is 26.0 Å². The Morgan fingerprint density at radius 3 is 2.50 bits per heavy atom. The molecule has 0 aliphatic rings. The number of anilines is 1. The highest BCUT2D eigenvalue weighted by molar-refractivity contribution is 14.1. The number of rotatable bonds is 1. The van der Waals surface area contributed by atoms with Gasteiger partial charge in [0, 0.05) is 17.7 Å². The minimum atomic E-state index is 0.530. The fourth-order valence-electron chi connectivity index (χ4n) is 0.779. The van der Waals surface area contributed by atoms with Crippen LogP contribution in [0.3, 0.4) is 0 Å². The minimum absolute atomic E-state index is 0.530. The van der Waals surface area contributed by atoms with E-state index in [-0.39, 0.29) is 0 Å². The zero-order chi connectivity index (χ0) is 9.30. The zero-order valence-corrected chi connectivity index (χ0v) is 11.1. The molecule has 1 nitrogen and oxygen atoms in total. The molecule has 64 valence electrons. The summed E-state index contributed by atoms with van der Waals surface area (Å²) >= 11 is 10.1.